The van der Waals surface area contributed by atoms with Crippen molar-refractivity contribution in [2.45, 2.75) is 62.6 Å². The summed E-state index contributed by atoms with van der Waals surface area (Å²) in [7, 11) is 1.45. The van der Waals surface area contributed by atoms with Crippen molar-refractivity contribution in [3.05, 3.63) is 0 Å². The van der Waals surface area contributed by atoms with E-state index in [0.29, 0.717) is 6.04 Å². The van der Waals surface area contributed by atoms with E-state index in [1.54, 1.807) is 0 Å². The van der Waals surface area contributed by atoms with E-state index in [2.05, 4.69) is 9.80 Å². The Hall–Kier alpha value is -0.650. The lowest BCUT2D eigenvalue weighted by Gasteiger charge is -2.41. The van der Waals surface area contributed by atoms with Gasteiger partial charge in [-0.3, -0.25) is 14.6 Å². The van der Waals surface area contributed by atoms with Crippen LogP contribution in [-0.4, -0.2) is 66.7 Å². The molecule has 21 heavy (non-hydrogen) atoms. The van der Waals surface area contributed by atoms with Crippen molar-refractivity contribution < 1.29 is 9.53 Å². The van der Waals surface area contributed by atoms with Gasteiger partial charge in [-0.1, -0.05) is 0 Å². The second-order valence-corrected chi connectivity index (χ2v) is 7.08. The van der Waals surface area contributed by atoms with Gasteiger partial charge in [0.2, 0.25) is 0 Å². The molecule has 0 bridgehead atoms. The lowest BCUT2D eigenvalue weighted by Crippen LogP contribution is -2.56. The second kappa shape index (κ2) is 6.23. The number of carbonyl (C=O) groups excluding carboxylic acids is 1. The third kappa shape index (κ3) is 3.10. The van der Waals surface area contributed by atoms with Gasteiger partial charge in [0.25, 0.3) is 0 Å². The van der Waals surface area contributed by atoms with Crippen LogP contribution in [0, 0.1) is 0 Å². The van der Waals surface area contributed by atoms with Crippen molar-refractivity contribution in [1.82, 2.24) is 9.80 Å². The van der Waals surface area contributed by atoms with Gasteiger partial charge in [-0.15, -0.1) is 0 Å². The van der Waals surface area contributed by atoms with Gasteiger partial charge in [0.1, 0.15) is 5.54 Å². The smallest absolute Gasteiger partial charge is 0.325 e. The maximum absolute atomic E-state index is 12.0. The van der Waals surface area contributed by atoms with E-state index in [0.717, 1.165) is 38.4 Å². The third-order valence-electron chi connectivity index (χ3n) is 5.70. The Bertz CT molecular complexity index is 390. The van der Waals surface area contributed by atoms with Gasteiger partial charge in [-0.05, 0) is 64.6 Å². The van der Waals surface area contributed by atoms with Gasteiger partial charge < -0.3 is 10.5 Å². The molecule has 2 aliphatic heterocycles. The van der Waals surface area contributed by atoms with Gasteiger partial charge in [-0.25, -0.2) is 0 Å². The molecule has 0 aromatic carbocycles. The molecular formula is C16H29N3O2. The first-order valence-electron chi connectivity index (χ1n) is 8.48. The van der Waals surface area contributed by atoms with Gasteiger partial charge >= 0.3 is 5.97 Å². The van der Waals surface area contributed by atoms with Crippen molar-refractivity contribution in [2.24, 2.45) is 5.73 Å². The maximum Gasteiger partial charge on any atom is 0.325 e. The number of nitrogens with zero attached hydrogens (tertiary/aromatic N) is 2. The van der Waals surface area contributed by atoms with E-state index in [1.807, 2.05) is 0 Å². The van der Waals surface area contributed by atoms with Crippen LogP contribution < -0.4 is 5.73 Å². The number of nitrogens with two attached hydrogens (primary N) is 1. The van der Waals surface area contributed by atoms with Gasteiger partial charge in [0, 0.05) is 18.6 Å². The average molecular weight is 295 g/mol. The third-order valence-corrected chi connectivity index (χ3v) is 5.70. The summed E-state index contributed by atoms with van der Waals surface area (Å²) in [5, 5.41) is 0. The number of hydrogen-bond acceptors (Lipinski definition) is 5. The van der Waals surface area contributed by atoms with Crippen LogP contribution in [0.5, 0.6) is 0 Å². The SMILES string of the molecule is COC(=O)C1(N)CCCC(N2CCCN3CCCC3C2)C1. The van der Waals surface area contributed by atoms with Crippen molar-refractivity contribution in [3.63, 3.8) is 0 Å². The van der Waals surface area contributed by atoms with Gasteiger partial charge in [0.05, 0.1) is 7.11 Å². The highest BCUT2D eigenvalue weighted by Crippen LogP contribution is 2.32. The van der Waals surface area contributed by atoms with Crippen LogP contribution >= 0.6 is 0 Å². The molecule has 0 amide bonds. The fourth-order valence-electron chi connectivity index (χ4n) is 4.54. The number of esters is 1. The Balaban J connectivity index is 1.66. The Morgan fingerprint density at radius 2 is 1.81 bits per heavy atom. The summed E-state index contributed by atoms with van der Waals surface area (Å²) in [5.41, 5.74) is 5.58. The number of fused-ring (bicyclic) bond motifs is 1. The number of methoxy groups -OCH3 is 1. The quantitative estimate of drug-likeness (QED) is 0.769. The molecule has 2 N–H and O–H groups in total. The Morgan fingerprint density at radius 3 is 2.62 bits per heavy atom. The zero-order valence-corrected chi connectivity index (χ0v) is 13.2. The largest absolute Gasteiger partial charge is 0.468 e. The van der Waals surface area contributed by atoms with E-state index in [4.69, 9.17) is 10.5 Å². The predicted octanol–water partition coefficient (Wildman–Crippen LogP) is 0.970. The van der Waals surface area contributed by atoms with Crippen molar-refractivity contribution in [3.8, 4) is 0 Å². The highest BCUT2D eigenvalue weighted by molar-refractivity contribution is 5.80. The van der Waals surface area contributed by atoms with Crippen LogP contribution in [0.25, 0.3) is 0 Å². The van der Waals surface area contributed by atoms with Crippen molar-refractivity contribution in [2.75, 3.05) is 33.3 Å². The summed E-state index contributed by atoms with van der Waals surface area (Å²) in [6.45, 7) is 4.81. The van der Waals surface area contributed by atoms with Crippen LogP contribution in [0.4, 0.5) is 0 Å². The van der Waals surface area contributed by atoms with Crippen LogP contribution in [0.3, 0.4) is 0 Å². The molecule has 3 fully saturated rings. The molecular weight excluding hydrogens is 266 g/mol. The maximum atomic E-state index is 12.0. The molecule has 3 rings (SSSR count). The Kier molecular flexibility index (Phi) is 4.52. The summed E-state index contributed by atoms with van der Waals surface area (Å²) >= 11 is 0. The minimum Gasteiger partial charge on any atom is -0.468 e. The fraction of sp³-hybridized carbons (Fsp3) is 0.938. The van der Waals surface area contributed by atoms with Crippen molar-refractivity contribution >= 4 is 5.97 Å². The van der Waals surface area contributed by atoms with Crippen LogP contribution in [0.2, 0.25) is 0 Å². The first-order chi connectivity index (χ1) is 10.1. The predicted molar refractivity (Wildman–Crippen MR) is 82.0 cm³/mol. The summed E-state index contributed by atoms with van der Waals surface area (Å²) in [4.78, 5) is 17.3. The molecule has 5 nitrogen and oxygen atoms in total. The molecule has 2 heterocycles. The first kappa shape index (κ1) is 15.3. The van der Waals surface area contributed by atoms with Crippen LogP contribution in [0.15, 0.2) is 0 Å². The molecule has 5 heteroatoms. The molecule has 0 spiro atoms. The first-order valence-corrected chi connectivity index (χ1v) is 8.48. The van der Waals surface area contributed by atoms with E-state index in [-0.39, 0.29) is 5.97 Å². The highest BCUT2D eigenvalue weighted by Gasteiger charge is 2.43. The minimum absolute atomic E-state index is 0.232. The molecule has 1 saturated carbocycles. The molecule has 3 atom stereocenters. The normalized spacial score (nSPS) is 38.8. The standard InChI is InChI=1S/C16H29N3O2/c1-21-15(20)16(17)7-2-5-13(11-16)19-10-4-9-18-8-3-6-14(18)12-19/h13-14H,2-12,17H2,1H3. The summed E-state index contributed by atoms with van der Waals surface area (Å²) < 4.78 is 4.93. The molecule has 120 valence electrons. The Morgan fingerprint density at radius 1 is 1.10 bits per heavy atom. The zero-order valence-electron chi connectivity index (χ0n) is 13.2. The molecule has 0 radical (unpaired) electrons. The lowest BCUT2D eigenvalue weighted by atomic mass is 9.79. The highest BCUT2D eigenvalue weighted by atomic mass is 16.5. The van der Waals surface area contributed by atoms with E-state index in [1.165, 1.54) is 45.9 Å². The van der Waals surface area contributed by atoms with Crippen LogP contribution in [0.1, 0.15) is 44.9 Å². The average Bonchev–Trinajstić information content (AvgIpc) is 2.83. The number of ether oxygens (including phenoxy) is 1. The fourth-order valence-corrected chi connectivity index (χ4v) is 4.54. The molecule has 0 aromatic rings. The second-order valence-electron chi connectivity index (χ2n) is 7.08. The summed E-state index contributed by atoms with van der Waals surface area (Å²) in [5.74, 6) is -0.232. The number of carbonyl (C=O) groups is 1. The van der Waals surface area contributed by atoms with E-state index in [9.17, 15) is 4.79 Å². The monoisotopic (exact) mass is 295 g/mol. The zero-order chi connectivity index (χ0) is 14.9. The van der Waals surface area contributed by atoms with Gasteiger partial charge in [0.15, 0.2) is 0 Å². The van der Waals surface area contributed by atoms with Gasteiger partial charge in [-0.2, -0.15) is 0 Å². The molecule has 3 unspecified atom stereocenters. The number of rotatable bonds is 2. The number of hydrogen-bond donors (Lipinski definition) is 1. The van der Waals surface area contributed by atoms with Crippen molar-refractivity contribution in [1.29, 1.82) is 0 Å². The van der Waals surface area contributed by atoms with E-state index < -0.39 is 5.54 Å². The Labute approximate surface area is 127 Å². The molecule has 0 aromatic heterocycles. The van der Waals surface area contributed by atoms with E-state index >= 15 is 0 Å². The molecule has 2 saturated heterocycles. The van der Waals surface area contributed by atoms with Crippen LogP contribution in [-0.2, 0) is 9.53 Å². The minimum atomic E-state index is -0.765. The summed E-state index contributed by atoms with van der Waals surface area (Å²) in [6, 6.07) is 1.17. The molecule has 3 aliphatic rings. The summed E-state index contributed by atoms with van der Waals surface area (Å²) in [6.07, 6.45) is 7.62. The topological polar surface area (TPSA) is 58.8 Å². The lowest BCUT2D eigenvalue weighted by molar-refractivity contribution is -0.149. The molecule has 1 aliphatic carbocycles.